The first-order chi connectivity index (χ1) is 11.2. The minimum atomic E-state index is 0.0605. The maximum atomic E-state index is 10.2. The molecule has 0 saturated carbocycles. The van der Waals surface area contributed by atoms with Crippen molar-refractivity contribution < 1.29 is 14.9 Å². The van der Waals surface area contributed by atoms with Gasteiger partial charge in [-0.1, -0.05) is 30.4 Å². The summed E-state index contributed by atoms with van der Waals surface area (Å²) in [6.45, 7) is 0. The van der Waals surface area contributed by atoms with E-state index in [0.29, 0.717) is 17.6 Å². The zero-order valence-corrected chi connectivity index (χ0v) is 12.9. The number of allylic oxidation sites excluding steroid dienone is 2. The molecule has 3 atom stereocenters. The number of fused-ring (bicyclic) bond motifs is 3. The van der Waals surface area contributed by atoms with Crippen molar-refractivity contribution in [2.24, 2.45) is 5.92 Å². The summed E-state index contributed by atoms with van der Waals surface area (Å²) in [4.78, 5) is 0. The van der Waals surface area contributed by atoms with Crippen molar-refractivity contribution in [2.45, 2.75) is 18.4 Å². The van der Waals surface area contributed by atoms with E-state index in [1.54, 1.807) is 19.2 Å². The van der Waals surface area contributed by atoms with Crippen LogP contribution in [0.25, 0.3) is 0 Å². The summed E-state index contributed by atoms with van der Waals surface area (Å²) in [7, 11) is 1.55. The molecule has 0 bridgehead atoms. The summed E-state index contributed by atoms with van der Waals surface area (Å²) in [5.41, 5.74) is 3.00. The third kappa shape index (κ3) is 2.13. The molecule has 0 spiro atoms. The van der Waals surface area contributed by atoms with Crippen LogP contribution < -0.4 is 10.1 Å². The number of phenols is 2. The Morgan fingerprint density at radius 1 is 1.13 bits per heavy atom. The van der Waals surface area contributed by atoms with E-state index >= 15 is 0 Å². The first-order valence-corrected chi connectivity index (χ1v) is 7.81. The summed E-state index contributed by atoms with van der Waals surface area (Å²) >= 11 is 0. The summed E-state index contributed by atoms with van der Waals surface area (Å²) in [5, 5.41) is 23.6. The third-order valence-corrected chi connectivity index (χ3v) is 4.94. The summed E-state index contributed by atoms with van der Waals surface area (Å²) in [6.07, 6.45) is 5.43. The summed E-state index contributed by atoms with van der Waals surface area (Å²) in [5.74, 6) is 1.56. The third-order valence-electron chi connectivity index (χ3n) is 4.94. The second-order valence-corrected chi connectivity index (χ2v) is 6.15. The quantitative estimate of drug-likeness (QED) is 0.581. The van der Waals surface area contributed by atoms with E-state index in [9.17, 15) is 10.2 Å². The van der Waals surface area contributed by atoms with Crippen molar-refractivity contribution in [1.29, 1.82) is 0 Å². The second-order valence-electron chi connectivity index (χ2n) is 6.15. The number of methoxy groups -OCH3 is 1. The lowest BCUT2D eigenvalue weighted by molar-refractivity contribution is 0.370. The van der Waals surface area contributed by atoms with Crippen molar-refractivity contribution in [3.63, 3.8) is 0 Å². The number of nitrogens with one attached hydrogen (secondary N) is 1. The maximum Gasteiger partial charge on any atom is 0.160 e. The van der Waals surface area contributed by atoms with Gasteiger partial charge in [0.15, 0.2) is 11.5 Å². The molecular weight excluding hydrogens is 290 g/mol. The first-order valence-electron chi connectivity index (χ1n) is 7.81. The number of rotatable bonds is 2. The van der Waals surface area contributed by atoms with Gasteiger partial charge >= 0.3 is 0 Å². The molecule has 1 aliphatic carbocycles. The van der Waals surface area contributed by atoms with E-state index in [1.165, 1.54) is 0 Å². The molecule has 1 heterocycles. The van der Waals surface area contributed by atoms with E-state index in [4.69, 9.17) is 4.74 Å². The number of phenolic OH excluding ortho intramolecular Hbond substituents is 2. The standard InChI is InChI=1S/C19H19NO3/c1-23-17-10-11(8-9-15(17)21)18-13-5-2-4-12(13)14-6-3-7-16(22)19(14)20-18/h2-4,6-10,12-13,18,20-22H,5H2,1H3. The van der Waals surface area contributed by atoms with Gasteiger partial charge in [0, 0.05) is 5.92 Å². The van der Waals surface area contributed by atoms with Crippen LogP contribution in [0.2, 0.25) is 0 Å². The molecule has 1 aliphatic heterocycles. The highest BCUT2D eigenvalue weighted by atomic mass is 16.5. The van der Waals surface area contributed by atoms with E-state index < -0.39 is 0 Å². The SMILES string of the molecule is COc1cc(C2Nc3c(O)cccc3C3C=CCC32)ccc1O. The van der Waals surface area contributed by atoms with Gasteiger partial charge in [0.25, 0.3) is 0 Å². The summed E-state index contributed by atoms with van der Waals surface area (Å²) < 4.78 is 5.24. The lowest BCUT2D eigenvalue weighted by Gasteiger charge is -2.37. The number of para-hydroxylation sites is 1. The number of hydrogen-bond donors (Lipinski definition) is 3. The largest absolute Gasteiger partial charge is 0.506 e. The van der Waals surface area contributed by atoms with Gasteiger partial charge in [-0.3, -0.25) is 0 Å². The molecule has 0 saturated heterocycles. The van der Waals surface area contributed by atoms with Crippen LogP contribution in [0.3, 0.4) is 0 Å². The monoisotopic (exact) mass is 309 g/mol. The molecule has 0 fully saturated rings. The van der Waals surface area contributed by atoms with Crippen molar-refractivity contribution in [1.82, 2.24) is 0 Å². The normalized spacial score (nSPS) is 24.7. The van der Waals surface area contributed by atoms with Gasteiger partial charge in [0.2, 0.25) is 0 Å². The molecule has 0 amide bonds. The molecule has 3 unspecified atom stereocenters. The van der Waals surface area contributed by atoms with Gasteiger partial charge in [0.05, 0.1) is 18.8 Å². The van der Waals surface area contributed by atoms with E-state index in [1.807, 2.05) is 18.2 Å². The van der Waals surface area contributed by atoms with E-state index in [-0.39, 0.29) is 17.5 Å². The minimum absolute atomic E-state index is 0.0605. The average molecular weight is 309 g/mol. The molecule has 118 valence electrons. The fourth-order valence-corrected chi connectivity index (χ4v) is 3.82. The van der Waals surface area contributed by atoms with Gasteiger partial charge in [-0.2, -0.15) is 0 Å². The molecule has 2 aromatic rings. The number of hydrogen-bond acceptors (Lipinski definition) is 4. The van der Waals surface area contributed by atoms with E-state index in [2.05, 4.69) is 23.5 Å². The van der Waals surface area contributed by atoms with Gasteiger partial charge in [-0.25, -0.2) is 0 Å². The molecule has 0 radical (unpaired) electrons. The minimum Gasteiger partial charge on any atom is -0.506 e. The molecule has 4 nitrogen and oxygen atoms in total. The average Bonchev–Trinajstić information content (AvgIpc) is 3.05. The van der Waals surface area contributed by atoms with Crippen LogP contribution in [-0.4, -0.2) is 17.3 Å². The molecule has 4 rings (SSSR count). The maximum absolute atomic E-state index is 10.2. The van der Waals surface area contributed by atoms with Crippen LogP contribution in [-0.2, 0) is 0 Å². The van der Waals surface area contributed by atoms with Crippen LogP contribution in [0, 0.1) is 5.92 Å². The zero-order chi connectivity index (χ0) is 16.0. The molecule has 23 heavy (non-hydrogen) atoms. The molecule has 2 aliphatic rings. The number of aromatic hydroxyl groups is 2. The Labute approximate surface area is 135 Å². The van der Waals surface area contributed by atoms with Crippen LogP contribution in [0.1, 0.15) is 29.5 Å². The van der Waals surface area contributed by atoms with Crippen LogP contribution in [0.5, 0.6) is 17.2 Å². The predicted octanol–water partition coefficient (Wildman–Crippen LogP) is 3.93. The number of benzene rings is 2. The molecule has 4 heteroatoms. The molecule has 2 aromatic carbocycles. The fourth-order valence-electron chi connectivity index (χ4n) is 3.82. The Balaban J connectivity index is 1.80. The Bertz CT molecular complexity index is 784. The first kappa shape index (κ1) is 14.0. The second kappa shape index (κ2) is 5.23. The highest BCUT2D eigenvalue weighted by Crippen LogP contribution is 2.52. The Hall–Kier alpha value is -2.62. The predicted molar refractivity (Wildman–Crippen MR) is 89.1 cm³/mol. The lowest BCUT2D eigenvalue weighted by Crippen LogP contribution is -2.29. The fraction of sp³-hybridized carbons (Fsp3) is 0.263. The van der Waals surface area contributed by atoms with Gasteiger partial charge in [-0.15, -0.1) is 0 Å². The molecule has 3 N–H and O–H groups in total. The van der Waals surface area contributed by atoms with Gasteiger partial charge in [-0.05, 0) is 41.7 Å². The van der Waals surface area contributed by atoms with Gasteiger partial charge < -0.3 is 20.3 Å². The van der Waals surface area contributed by atoms with E-state index in [0.717, 1.165) is 23.2 Å². The number of anilines is 1. The highest BCUT2D eigenvalue weighted by molar-refractivity contribution is 5.67. The zero-order valence-electron chi connectivity index (χ0n) is 12.9. The smallest absolute Gasteiger partial charge is 0.160 e. The topological polar surface area (TPSA) is 61.7 Å². The van der Waals surface area contributed by atoms with Crippen molar-refractivity contribution in [2.75, 3.05) is 12.4 Å². The lowest BCUT2D eigenvalue weighted by atomic mass is 9.77. The van der Waals surface area contributed by atoms with Crippen molar-refractivity contribution >= 4 is 5.69 Å². The molecule has 0 aromatic heterocycles. The van der Waals surface area contributed by atoms with Crippen LogP contribution in [0.15, 0.2) is 48.6 Å². The Morgan fingerprint density at radius 3 is 2.83 bits per heavy atom. The van der Waals surface area contributed by atoms with Crippen molar-refractivity contribution in [3.05, 3.63) is 59.7 Å². The van der Waals surface area contributed by atoms with Crippen LogP contribution >= 0.6 is 0 Å². The number of ether oxygens (including phenoxy) is 1. The van der Waals surface area contributed by atoms with Crippen LogP contribution in [0.4, 0.5) is 5.69 Å². The van der Waals surface area contributed by atoms with Crippen molar-refractivity contribution in [3.8, 4) is 17.2 Å². The Morgan fingerprint density at radius 2 is 2.00 bits per heavy atom. The highest BCUT2D eigenvalue weighted by Gasteiger charge is 2.38. The van der Waals surface area contributed by atoms with Gasteiger partial charge in [0.1, 0.15) is 5.75 Å². The molecular formula is C19H19NO3. The Kier molecular flexibility index (Phi) is 3.18. The summed E-state index contributed by atoms with van der Waals surface area (Å²) in [6, 6.07) is 11.2.